The summed E-state index contributed by atoms with van der Waals surface area (Å²) in [4.78, 5) is 60.8. The van der Waals surface area contributed by atoms with E-state index in [0.717, 1.165) is 0 Å². The molecule has 0 saturated heterocycles. The van der Waals surface area contributed by atoms with Gasteiger partial charge in [0.15, 0.2) is 0 Å². The number of nitro benzene ring substituents is 1. The first-order chi connectivity index (χ1) is 23.3. The van der Waals surface area contributed by atoms with Gasteiger partial charge in [-0.15, -0.1) is 0 Å². The average Bonchev–Trinajstić information content (AvgIpc) is 3.04. The molecule has 254 valence electrons. The summed E-state index contributed by atoms with van der Waals surface area (Å²) < 4.78 is 21.6. The van der Waals surface area contributed by atoms with Crippen molar-refractivity contribution in [3.05, 3.63) is 128 Å². The van der Waals surface area contributed by atoms with Gasteiger partial charge in [-0.05, 0) is 96.4 Å². The molecule has 49 heavy (non-hydrogen) atoms. The zero-order valence-electron chi connectivity index (χ0n) is 26.6. The van der Waals surface area contributed by atoms with E-state index in [4.69, 9.17) is 18.9 Å². The molecule has 4 rings (SSSR count). The van der Waals surface area contributed by atoms with Crippen molar-refractivity contribution in [2.24, 2.45) is 0 Å². The Kier molecular flexibility index (Phi) is 12.1. The van der Waals surface area contributed by atoms with E-state index < -0.39 is 40.7 Å². The monoisotopic (exact) mass is 733 g/mol. The number of nitrogens with zero attached hydrogens (tertiary/aromatic N) is 1. The fourth-order valence-electron chi connectivity index (χ4n) is 4.19. The number of benzene rings is 4. The normalized spacial score (nSPS) is 11.4. The lowest BCUT2D eigenvalue weighted by molar-refractivity contribution is -0.384. The van der Waals surface area contributed by atoms with Crippen molar-refractivity contribution in [3.8, 4) is 11.5 Å². The predicted molar refractivity (Wildman–Crippen MR) is 181 cm³/mol. The number of hydrogen-bond donors (Lipinski definition) is 2. The van der Waals surface area contributed by atoms with Crippen LogP contribution in [0.2, 0.25) is 0 Å². The van der Waals surface area contributed by atoms with Crippen LogP contribution in [0.15, 0.2) is 102 Å². The van der Waals surface area contributed by atoms with Crippen molar-refractivity contribution in [2.75, 3.05) is 5.32 Å². The molecule has 4 aromatic rings. The summed E-state index contributed by atoms with van der Waals surface area (Å²) in [6.07, 6.45) is -1.69. The summed E-state index contributed by atoms with van der Waals surface area (Å²) in [5.74, 6) is -0.678. The molecule has 0 aromatic heterocycles. The maximum absolute atomic E-state index is 13.4. The number of anilines is 1. The van der Waals surface area contributed by atoms with Gasteiger partial charge in [-0.3, -0.25) is 14.9 Å². The summed E-state index contributed by atoms with van der Waals surface area (Å²) in [6.45, 7) is 4.97. The van der Waals surface area contributed by atoms with Crippen molar-refractivity contribution in [2.45, 2.75) is 45.4 Å². The lowest BCUT2D eigenvalue weighted by atomic mass is 10.0. The molecule has 2 amide bonds. The van der Waals surface area contributed by atoms with Gasteiger partial charge in [0, 0.05) is 28.7 Å². The average molecular weight is 735 g/mol. The maximum Gasteiger partial charge on any atom is 0.514 e. The van der Waals surface area contributed by atoms with Crippen molar-refractivity contribution < 1.29 is 43.0 Å². The third-order valence-corrected chi connectivity index (χ3v) is 7.19. The van der Waals surface area contributed by atoms with Gasteiger partial charge in [-0.1, -0.05) is 36.4 Å². The number of ether oxygens (including phenoxy) is 4. The van der Waals surface area contributed by atoms with E-state index in [9.17, 15) is 29.3 Å². The highest BCUT2D eigenvalue weighted by molar-refractivity contribution is 9.10. The first kappa shape index (κ1) is 36.1. The third-order valence-electron chi connectivity index (χ3n) is 6.50. The lowest BCUT2D eigenvalue weighted by Gasteiger charge is -2.23. The second kappa shape index (κ2) is 16.4. The van der Waals surface area contributed by atoms with E-state index >= 15 is 0 Å². The van der Waals surface area contributed by atoms with E-state index in [1.54, 1.807) is 93.6 Å². The van der Waals surface area contributed by atoms with E-state index in [0.29, 0.717) is 32.6 Å². The number of nitro groups is 1. The number of halogens is 1. The Bertz CT molecular complexity index is 1810. The molecule has 0 radical (unpaired) electrons. The minimum Gasteiger partial charge on any atom is -0.444 e. The molecular weight excluding hydrogens is 702 g/mol. The molecule has 14 heteroatoms. The fraction of sp³-hybridized carbons (Fsp3) is 0.200. The van der Waals surface area contributed by atoms with E-state index in [-0.39, 0.29) is 24.5 Å². The molecule has 0 heterocycles. The molecule has 0 aliphatic carbocycles. The zero-order chi connectivity index (χ0) is 35.6. The van der Waals surface area contributed by atoms with Crippen LogP contribution >= 0.6 is 15.9 Å². The Labute approximate surface area is 289 Å². The molecule has 0 bridgehead atoms. The lowest BCUT2D eigenvalue weighted by Crippen LogP contribution is -2.47. The molecule has 0 aliphatic heterocycles. The number of rotatable bonds is 11. The van der Waals surface area contributed by atoms with Gasteiger partial charge in [-0.2, -0.15) is 0 Å². The van der Waals surface area contributed by atoms with Gasteiger partial charge in [0.05, 0.1) is 10.5 Å². The minimum atomic E-state index is -1.04. The SMILES string of the molecule is CC(C)(C)OC(=O)N[C@@H](Cc1ccc(OC(=O)c2ccccc2Br)cc1)C(=O)Nc1ccc(COC(=O)Oc2ccc([N+](=O)[O-])cc2)cc1. The van der Waals surface area contributed by atoms with Crippen LogP contribution < -0.4 is 20.1 Å². The second-order valence-corrected chi connectivity index (χ2v) is 12.3. The quantitative estimate of drug-likeness (QED) is 0.0521. The third kappa shape index (κ3) is 11.5. The highest BCUT2D eigenvalue weighted by Crippen LogP contribution is 2.21. The van der Waals surface area contributed by atoms with E-state index in [1.807, 2.05) is 0 Å². The first-order valence-corrected chi connectivity index (χ1v) is 15.6. The van der Waals surface area contributed by atoms with Crippen LogP contribution in [0.1, 0.15) is 42.3 Å². The Morgan fingerprint density at radius 1 is 0.816 bits per heavy atom. The second-order valence-electron chi connectivity index (χ2n) is 11.5. The Morgan fingerprint density at radius 3 is 2.02 bits per heavy atom. The number of non-ortho nitro benzene ring substituents is 1. The van der Waals surface area contributed by atoms with Crippen LogP contribution in [0.25, 0.3) is 0 Å². The van der Waals surface area contributed by atoms with E-state index in [2.05, 4.69) is 26.6 Å². The summed E-state index contributed by atoms with van der Waals surface area (Å²) in [5.41, 5.74) is 1.09. The van der Waals surface area contributed by atoms with Crippen LogP contribution in [-0.2, 0) is 27.3 Å². The number of carbonyl (C=O) groups excluding carboxylic acids is 4. The summed E-state index contributed by atoms with van der Waals surface area (Å²) >= 11 is 3.33. The first-order valence-electron chi connectivity index (χ1n) is 14.8. The molecule has 4 aromatic carbocycles. The highest BCUT2D eigenvalue weighted by Gasteiger charge is 2.25. The van der Waals surface area contributed by atoms with Gasteiger partial charge in [0.1, 0.15) is 29.7 Å². The van der Waals surface area contributed by atoms with Gasteiger partial charge >= 0.3 is 18.2 Å². The standard InChI is InChI=1S/C35H32BrN3O10/c1-35(2,3)49-33(42)38-30(20-22-10-16-26(17-11-22)47-32(41)28-6-4-5-7-29(28)36)31(40)37-24-12-8-23(9-13-24)21-46-34(43)48-27-18-14-25(15-19-27)39(44)45/h4-19,30H,20-21H2,1-3H3,(H,37,40)(H,38,42)/t30-/m0/s1. The fourth-order valence-corrected chi connectivity index (χ4v) is 4.64. The van der Waals surface area contributed by atoms with Gasteiger partial charge in [0.2, 0.25) is 5.91 Å². The highest BCUT2D eigenvalue weighted by atomic mass is 79.9. The molecule has 0 aliphatic rings. The van der Waals surface area contributed by atoms with Crippen molar-refractivity contribution >= 4 is 51.4 Å². The van der Waals surface area contributed by atoms with Gasteiger partial charge < -0.3 is 29.6 Å². The number of amides is 2. The molecule has 0 fully saturated rings. The summed E-state index contributed by atoms with van der Waals surface area (Å²) in [5, 5.41) is 16.2. The molecule has 0 unspecified atom stereocenters. The Hall–Kier alpha value is -5.76. The van der Waals surface area contributed by atoms with Crippen molar-refractivity contribution in [1.29, 1.82) is 0 Å². The molecular formula is C35H32BrN3O10. The molecule has 0 saturated carbocycles. The van der Waals surface area contributed by atoms with Crippen LogP contribution in [0.3, 0.4) is 0 Å². The summed E-state index contributed by atoms with van der Waals surface area (Å²) in [7, 11) is 0. The number of nitrogens with one attached hydrogen (secondary N) is 2. The van der Waals surface area contributed by atoms with Crippen LogP contribution in [0.5, 0.6) is 11.5 Å². The molecule has 2 N–H and O–H groups in total. The van der Waals surface area contributed by atoms with E-state index in [1.165, 1.54) is 24.3 Å². The van der Waals surface area contributed by atoms with Crippen molar-refractivity contribution in [3.63, 3.8) is 0 Å². The molecule has 0 spiro atoms. The molecule has 13 nitrogen and oxygen atoms in total. The largest absolute Gasteiger partial charge is 0.514 e. The Balaban J connectivity index is 1.36. The van der Waals surface area contributed by atoms with Crippen LogP contribution in [-0.4, -0.2) is 40.7 Å². The number of carbonyl (C=O) groups is 4. The minimum absolute atomic E-state index is 0.0824. The topological polar surface area (TPSA) is 172 Å². The number of esters is 1. The molecule has 1 atom stereocenters. The van der Waals surface area contributed by atoms with Gasteiger partial charge in [-0.25, -0.2) is 14.4 Å². The van der Waals surface area contributed by atoms with Gasteiger partial charge in [0.25, 0.3) is 5.69 Å². The smallest absolute Gasteiger partial charge is 0.444 e. The zero-order valence-corrected chi connectivity index (χ0v) is 28.2. The number of hydrogen-bond acceptors (Lipinski definition) is 10. The summed E-state index contributed by atoms with van der Waals surface area (Å²) in [6, 6.07) is 23.8. The Morgan fingerprint density at radius 2 is 1.41 bits per heavy atom. The van der Waals surface area contributed by atoms with Crippen LogP contribution in [0.4, 0.5) is 21.0 Å². The maximum atomic E-state index is 13.4. The predicted octanol–water partition coefficient (Wildman–Crippen LogP) is 7.37. The number of alkyl carbamates (subject to hydrolysis) is 1. The van der Waals surface area contributed by atoms with Crippen molar-refractivity contribution in [1.82, 2.24) is 5.32 Å². The van der Waals surface area contributed by atoms with Crippen LogP contribution in [0, 0.1) is 10.1 Å².